The highest BCUT2D eigenvalue weighted by Gasteiger charge is 2.25. The lowest BCUT2D eigenvalue weighted by molar-refractivity contribution is -0.0839. The van der Waals surface area contributed by atoms with E-state index in [9.17, 15) is 14.7 Å². The van der Waals surface area contributed by atoms with Crippen molar-refractivity contribution in [3.05, 3.63) is 70.6 Å². The zero-order valence-electron chi connectivity index (χ0n) is 18.5. The van der Waals surface area contributed by atoms with Gasteiger partial charge >= 0.3 is 5.63 Å². The minimum atomic E-state index is -1.15. The van der Waals surface area contributed by atoms with Crippen LogP contribution >= 0.6 is 11.8 Å². The van der Waals surface area contributed by atoms with Crippen LogP contribution in [0.5, 0.6) is 0 Å². The number of hydrogen-bond donors (Lipinski definition) is 1. The van der Waals surface area contributed by atoms with E-state index in [1.807, 2.05) is 42.5 Å². The second kappa shape index (κ2) is 10.8. The molecule has 0 amide bonds. The first-order valence-corrected chi connectivity index (χ1v) is 12.1. The minimum Gasteiger partial charge on any atom is -0.422 e. The number of hydrogen-bond acceptors (Lipinski definition) is 7. The van der Waals surface area contributed by atoms with Gasteiger partial charge in [0.25, 0.3) is 0 Å². The van der Waals surface area contributed by atoms with Gasteiger partial charge in [-0.25, -0.2) is 4.79 Å². The lowest BCUT2D eigenvalue weighted by atomic mass is 9.84. The molecule has 0 aliphatic heterocycles. The Morgan fingerprint density at radius 3 is 2.61 bits per heavy atom. The molecule has 1 fully saturated rings. The molecule has 0 spiro atoms. The van der Waals surface area contributed by atoms with Crippen LogP contribution in [0.1, 0.15) is 55.8 Å². The number of rotatable bonds is 8. The zero-order valence-corrected chi connectivity index (χ0v) is 19.3. The number of carbonyl (C=O) groups excluding carboxylic acids is 1. The molecule has 1 heterocycles. The maximum atomic E-state index is 13.2. The molecule has 1 unspecified atom stereocenters. The third kappa shape index (κ3) is 6.12. The molecule has 33 heavy (non-hydrogen) atoms. The van der Waals surface area contributed by atoms with E-state index in [2.05, 4.69) is 5.16 Å². The molecule has 1 aromatic heterocycles. The van der Waals surface area contributed by atoms with Crippen molar-refractivity contribution in [1.29, 1.82) is 0 Å². The third-order valence-electron chi connectivity index (χ3n) is 5.72. The Bertz CT molecular complexity index is 1200. The summed E-state index contributed by atoms with van der Waals surface area (Å²) in [7, 11) is 0. The standard InChI is InChI=1S/C26H27NO5S/c1-17(28)32-27-23(14-18-8-4-2-5-9-18)25(29)22-15-19-12-13-21(16-24(19)31-26(22)30)33-20-10-6-3-7-11-20/h3,6-7,10-13,15-18,28H,2,4-5,8-9,14H2,1H3/b27-23+. The number of benzene rings is 2. The largest absolute Gasteiger partial charge is 0.422 e. The second-order valence-corrected chi connectivity index (χ2v) is 9.49. The SMILES string of the molecule is CC(O)O/N=C(\CC1CCCCC1)C(=O)c1cc2ccc(Sc3ccccc3)cc2oc1=O. The molecule has 172 valence electrons. The normalized spacial score (nSPS) is 16.0. The van der Waals surface area contributed by atoms with E-state index in [0.29, 0.717) is 23.3 Å². The van der Waals surface area contributed by atoms with Crippen molar-refractivity contribution in [1.82, 2.24) is 0 Å². The monoisotopic (exact) mass is 465 g/mol. The first kappa shape index (κ1) is 23.3. The summed E-state index contributed by atoms with van der Waals surface area (Å²) in [5.74, 6) is -0.205. The lowest BCUT2D eigenvalue weighted by Crippen LogP contribution is -2.25. The topological polar surface area (TPSA) is 89.1 Å². The van der Waals surface area contributed by atoms with Crippen LogP contribution in [0.3, 0.4) is 0 Å². The fraction of sp³-hybridized carbons (Fsp3) is 0.346. The molecule has 2 aromatic carbocycles. The molecule has 7 heteroatoms. The summed E-state index contributed by atoms with van der Waals surface area (Å²) in [6.07, 6.45) is 4.71. The van der Waals surface area contributed by atoms with Crippen LogP contribution in [-0.2, 0) is 4.84 Å². The van der Waals surface area contributed by atoms with Gasteiger partial charge < -0.3 is 14.4 Å². The van der Waals surface area contributed by atoms with Crippen molar-refractivity contribution < 1.29 is 19.2 Å². The van der Waals surface area contributed by atoms with E-state index in [0.717, 1.165) is 35.5 Å². The van der Waals surface area contributed by atoms with Crippen LogP contribution in [0.15, 0.2) is 78.8 Å². The summed E-state index contributed by atoms with van der Waals surface area (Å²) < 4.78 is 5.52. The van der Waals surface area contributed by atoms with Crippen LogP contribution in [-0.4, -0.2) is 22.9 Å². The molecule has 3 aromatic rings. The van der Waals surface area contributed by atoms with Gasteiger partial charge in [0.05, 0.1) is 0 Å². The number of ketones is 1. The van der Waals surface area contributed by atoms with Crippen LogP contribution in [0.2, 0.25) is 0 Å². The lowest BCUT2D eigenvalue weighted by Gasteiger charge is -2.21. The van der Waals surface area contributed by atoms with Crippen molar-refractivity contribution in [2.75, 3.05) is 0 Å². The van der Waals surface area contributed by atoms with Gasteiger partial charge in [-0.05, 0) is 42.7 Å². The van der Waals surface area contributed by atoms with E-state index >= 15 is 0 Å². The summed E-state index contributed by atoms with van der Waals surface area (Å²) in [5, 5.41) is 14.0. The number of carbonyl (C=O) groups is 1. The van der Waals surface area contributed by atoms with E-state index in [4.69, 9.17) is 9.25 Å². The molecule has 6 nitrogen and oxygen atoms in total. The van der Waals surface area contributed by atoms with Crippen molar-refractivity contribution in [2.24, 2.45) is 11.1 Å². The summed E-state index contributed by atoms with van der Waals surface area (Å²) >= 11 is 1.56. The number of fused-ring (bicyclic) bond motifs is 1. The van der Waals surface area contributed by atoms with Crippen molar-refractivity contribution in [3.63, 3.8) is 0 Å². The Kier molecular flexibility index (Phi) is 7.62. The van der Waals surface area contributed by atoms with Gasteiger partial charge in [-0.2, -0.15) is 0 Å². The Labute approximate surface area is 196 Å². The highest BCUT2D eigenvalue weighted by molar-refractivity contribution is 7.99. The van der Waals surface area contributed by atoms with E-state index in [-0.39, 0.29) is 11.3 Å². The molecule has 1 atom stereocenters. The Hall–Kier alpha value is -2.90. The molecule has 1 saturated carbocycles. The summed E-state index contributed by atoms with van der Waals surface area (Å²) in [5.41, 5.74) is -0.216. The van der Waals surface area contributed by atoms with E-state index < -0.39 is 17.7 Å². The van der Waals surface area contributed by atoms with Crippen LogP contribution in [0, 0.1) is 5.92 Å². The molecule has 0 saturated heterocycles. The number of Topliss-reactive ketones (excluding diaryl/α,β-unsaturated/α-hetero) is 1. The summed E-state index contributed by atoms with van der Waals surface area (Å²) in [4.78, 5) is 33.0. The van der Waals surface area contributed by atoms with Crippen molar-refractivity contribution in [3.8, 4) is 0 Å². The molecule has 4 rings (SSSR count). The molecule has 1 N–H and O–H groups in total. The Morgan fingerprint density at radius 1 is 1.12 bits per heavy atom. The third-order valence-corrected chi connectivity index (χ3v) is 6.71. The fourth-order valence-corrected chi connectivity index (χ4v) is 4.94. The van der Waals surface area contributed by atoms with Gasteiger partial charge in [0.2, 0.25) is 12.1 Å². The van der Waals surface area contributed by atoms with Crippen LogP contribution in [0.4, 0.5) is 0 Å². The first-order chi connectivity index (χ1) is 16.0. The average Bonchev–Trinajstić information content (AvgIpc) is 2.82. The van der Waals surface area contributed by atoms with E-state index in [1.54, 1.807) is 23.9 Å². The minimum absolute atomic E-state index is 0.0743. The maximum Gasteiger partial charge on any atom is 0.347 e. The smallest absolute Gasteiger partial charge is 0.347 e. The molecular weight excluding hydrogens is 438 g/mol. The van der Waals surface area contributed by atoms with Crippen molar-refractivity contribution >= 4 is 34.2 Å². The average molecular weight is 466 g/mol. The first-order valence-electron chi connectivity index (χ1n) is 11.3. The molecular formula is C26H27NO5S. The van der Waals surface area contributed by atoms with Gasteiger partial charge in [0, 0.05) is 22.1 Å². The van der Waals surface area contributed by atoms with Gasteiger partial charge in [-0.1, -0.05) is 73.3 Å². The van der Waals surface area contributed by atoms with E-state index in [1.165, 1.54) is 13.3 Å². The van der Waals surface area contributed by atoms with Crippen molar-refractivity contribution in [2.45, 2.75) is 61.5 Å². The predicted molar refractivity (Wildman–Crippen MR) is 129 cm³/mol. The Balaban J connectivity index is 1.61. The number of oxime groups is 1. The second-order valence-electron chi connectivity index (χ2n) is 8.34. The van der Waals surface area contributed by atoms with Gasteiger partial charge in [0.15, 0.2) is 0 Å². The molecule has 1 aliphatic rings. The van der Waals surface area contributed by atoms with Gasteiger partial charge in [-0.3, -0.25) is 4.79 Å². The highest BCUT2D eigenvalue weighted by atomic mass is 32.2. The van der Waals surface area contributed by atoms with Crippen LogP contribution in [0.25, 0.3) is 11.0 Å². The molecule has 0 bridgehead atoms. The van der Waals surface area contributed by atoms with Gasteiger partial charge in [0.1, 0.15) is 16.9 Å². The maximum absolute atomic E-state index is 13.2. The van der Waals surface area contributed by atoms with Gasteiger partial charge in [-0.15, -0.1) is 0 Å². The number of nitrogens with zero attached hydrogens (tertiary/aromatic N) is 1. The summed E-state index contributed by atoms with van der Waals surface area (Å²) in [6, 6.07) is 17.0. The van der Waals surface area contributed by atoms with Crippen LogP contribution < -0.4 is 5.63 Å². The predicted octanol–water partition coefficient (Wildman–Crippen LogP) is 5.81. The summed E-state index contributed by atoms with van der Waals surface area (Å²) in [6.45, 7) is 1.42. The zero-order chi connectivity index (χ0) is 23.2. The Morgan fingerprint density at radius 2 is 1.88 bits per heavy atom. The quantitative estimate of drug-likeness (QED) is 0.148. The highest BCUT2D eigenvalue weighted by Crippen LogP contribution is 2.30. The molecule has 0 radical (unpaired) electrons. The molecule has 1 aliphatic carbocycles. The number of aliphatic hydroxyl groups excluding tert-OH is 1. The fourth-order valence-electron chi connectivity index (χ4n) is 4.07. The number of aliphatic hydroxyl groups is 1.